The van der Waals surface area contributed by atoms with E-state index >= 15 is 0 Å². The summed E-state index contributed by atoms with van der Waals surface area (Å²) in [5, 5.41) is 3.72. The summed E-state index contributed by atoms with van der Waals surface area (Å²) in [6.07, 6.45) is 6.04. The van der Waals surface area contributed by atoms with E-state index in [0.717, 1.165) is 51.6 Å². The molecule has 3 aliphatic heterocycles. The van der Waals surface area contributed by atoms with Crippen molar-refractivity contribution in [2.75, 3.05) is 32.8 Å². The summed E-state index contributed by atoms with van der Waals surface area (Å²) in [6.45, 7) is 9.00. The number of fused-ring (bicyclic) bond motifs is 1. The molecule has 0 radical (unpaired) electrons. The van der Waals surface area contributed by atoms with Crippen molar-refractivity contribution in [3.05, 3.63) is 0 Å². The molecule has 0 aromatic carbocycles. The Morgan fingerprint density at radius 3 is 2.91 bits per heavy atom. The van der Waals surface area contributed by atoms with E-state index < -0.39 is 0 Å². The number of amides is 2. The molecule has 4 rings (SSSR count). The van der Waals surface area contributed by atoms with Crippen LogP contribution >= 0.6 is 0 Å². The number of hydrogen-bond acceptors (Lipinski definition) is 3. The molecule has 4 atom stereocenters. The molecule has 130 valence electrons. The average molecular weight is 321 g/mol. The number of piperidine rings is 1. The summed E-state index contributed by atoms with van der Waals surface area (Å²) in [5.74, 6) is 1.29. The fourth-order valence-corrected chi connectivity index (χ4v) is 5.61. The summed E-state index contributed by atoms with van der Waals surface area (Å²) in [6, 6.07) is 1.17. The Bertz CT molecular complexity index is 447. The number of nitrogens with zero attached hydrogens (tertiary/aromatic N) is 2. The van der Waals surface area contributed by atoms with Gasteiger partial charge in [0.1, 0.15) is 0 Å². The SMILES string of the molecule is CC(C)N1C(=O)N(CC2CCOC2)CC12CC1CCCNC1C2. The third kappa shape index (κ3) is 2.66. The van der Waals surface area contributed by atoms with Crippen LogP contribution in [-0.2, 0) is 4.74 Å². The van der Waals surface area contributed by atoms with Crippen molar-refractivity contribution in [1.82, 2.24) is 15.1 Å². The van der Waals surface area contributed by atoms with Crippen molar-refractivity contribution in [2.45, 2.75) is 63.6 Å². The van der Waals surface area contributed by atoms with E-state index in [-0.39, 0.29) is 17.6 Å². The van der Waals surface area contributed by atoms with Gasteiger partial charge in [0.2, 0.25) is 0 Å². The van der Waals surface area contributed by atoms with E-state index in [1.54, 1.807) is 0 Å². The van der Waals surface area contributed by atoms with Gasteiger partial charge in [0, 0.05) is 37.7 Å². The number of nitrogens with one attached hydrogen (secondary N) is 1. The molecule has 4 fully saturated rings. The van der Waals surface area contributed by atoms with Crippen LogP contribution in [0, 0.1) is 11.8 Å². The van der Waals surface area contributed by atoms with Gasteiger partial charge in [-0.25, -0.2) is 4.79 Å². The summed E-state index contributed by atoms with van der Waals surface area (Å²) < 4.78 is 5.51. The van der Waals surface area contributed by atoms with Gasteiger partial charge in [-0.2, -0.15) is 0 Å². The molecule has 3 heterocycles. The normalized spacial score (nSPS) is 40.7. The zero-order valence-electron chi connectivity index (χ0n) is 14.6. The molecule has 1 saturated carbocycles. The largest absolute Gasteiger partial charge is 0.381 e. The van der Waals surface area contributed by atoms with Gasteiger partial charge in [-0.3, -0.25) is 0 Å². The van der Waals surface area contributed by atoms with Gasteiger partial charge in [0.15, 0.2) is 0 Å². The average Bonchev–Trinajstić information content (AvgIpc) is 3.18. The van der Waals surface area contributed by atoms with Gasteiger partial charge in [-0.05, 0) is 58.4 Å². The number of rotatable bonds is 3. The highest BCUT2D eigenvalue weighted by Gasteiger charge is 2.57. The smallest absolute Gasteiger partial charge is 0.320 e. The van der Waals surface area contributed by atoms with E-state index in [2.05, 4.69) is 29.0 Å². The van der Waals surface area contributed by atoms with Gasteiger partial charge in [0.05, 0.1) is 12.1 Å². The Morgan fingerprint density at radius 2 is 2.22 bits per heavy atom. The first kappa shape index (κ1) is 15.7. The number of hydrogen-bond donors (Lipinski definition) is 1. The molecule has 0 bridgehead atoms. The third-order valence-electron chi connectivity index (χ3n) is 6.46. The molecule has 4 aliphatic rings. The fraction of sp³-hybridized carbons (Fsp3) is 0.944. The highest BCUT2D eigenvalue weighted by Crippen LogP contribution is 2.47. The van der Waals surface area contributed by atoms with E-state index in [1.165, 1.54) is 19.3 Å². The van der Waals surface area contributed by atoms with Crippen molar-refractivity contribution in [3.63, 3.8) is 0 Å². The lowest BCUT2D eigenvalue weighted by Crippen LogP contribution is -2.49. The van der Waals surface area contributed by atoms with Crippen molar-refractivity contribution >= 4 is 6.03 Å². The maximum Gasteiger partial charge on any atom is 0.320 e. The summed E-state index contributed by atoms with van der Waals surface area (Å²) in [5.41, 5.74) is 0.0668. The van der Waals surface area contributed by atoms with E-state index in [9.17, 15) is 4.79 Å². The molecule has 1 aliphatic carbocycles. The van der Waals surface area contributed by atoms with E-state index in [0.29, 0.717) is 12.0 Å². The van der Waals surface area contributed by atoms with Crippen LogP contribution < -0.4 is 5.32 Å². The molecule has 4 unspecified atom stereocenters. The standard InChI is InChI=1S/C18H31N3O2/c1-13(2)21-17(22)20(10-14-5-7-23-11-14)12-18(21)8-15-4-3-6-19-16(15)9-18/h13-16,19H,3-12H2,1-2H3. The molecule has 0 aromatic heterocycles. The second-order valence-corrected chi connectivity index (χ2v) is 8.45. The molecule has 1 spiro atoms. The quantitative estimate of drug-likeness (QED) is 0.865. The minimum absolute atomic E-state index is 0.0668. The van der Waals surface area contributed by atoms with Crippen LogP contribution in [0.2, 0.25) is 0 Å². The van der Waals surface area contributed by atoms with Gasteiger partial charge in [0.25, 0.3) is 0 Å². The predicted octanol–water partition coefficient (Wildman–Crippen LogP) is 2.07. The lowest BCUT2D eigenvalue weighted by Gasteiger charge is -2.36. The van der Waals surface area contributed by atoms with Crippen molar-refractivity contribution in [1.29, 1.82) is 0 Å². The Balaban J connectivity index is 1.54. The maximum absolute atomic E-state index is 13.1. The first-order chi connectivity index (χ1) is 11.1. The van der Waals surface area contributed by atoms with E-state index in [1.807, 2.05) is 0 Å². The van der Waals surface area contributed by atoms with Gasteiger partial charge >= 0.3 is 6.03 Å². The number of ether oxygens (including phenoxy) is 1. The first-order valence-electron chi connectivity index (χ1n) is 9.48. The molecular formula is C18H31N3O2. The Kier molecular flexibility index (Phi) is 4.04. The van der Waals surface area contributed by atoms with Crippen molar-refractivity contribution in [3.8, 4) is 0 Å². The predicted molar refractivity (Wildman–Crippen MR) is 89.3 cm³/mol. The second kappa shape index (κ2) is 5.92. The van der Waals surface area contributed by atoms with Crippen LogP contribution in [0.25, 0.3) is 0 Å². The zero-order chi connectivity index (χ0) is 16.0. The Labute approximate surface area is 139 Å². The Hall–Kier alpha value is -0.810. The monoisotopic (exact) mass is 321 g/mol. The molecule has 3 saturated heterocycles. The second-order valence-electron chi connectivity index (χ2n) is 8.45. The lowest BCUT2D eigenvalue weighted by molar-refractivity contribution is 0.128. The third-order valence-corrected chi connectivity index (χ3v) is 6.46. The molecule has 2 amide bonds. The zero-order valence-corrected chi connectivity index (χ0v) is 14.6. The number of urea groups is 1. The summed E-state index contributed by atoms with van der Waals surface area (Å²) >= 11 is 0. The van der Waals surface area contributed by atoms with Crippen LogP contribution in [-0.4, -0.2) is 66.3 Å². The van der Waals surface area contributed by atoms with Crippen LogP contribution in [0.1, 0.15) is 46.0 Å². The van der Waals surface area contributed by atoms with Crippen LogP contribution in [0.3, 0.4) is 0 Å². The first-order valence-corrected chi connectivity index (χ1v) is 9.48. The highest BCUT2D eigenvalue weighted by molar-refractivity contribution is 5.78. The van der Waals surface area contributed by atoms with Gasteiger partial charge in [-0.1, -0.05) is 0 Å². The molecule has 0 aromatic rings. The minimum Gasteiger partial charge on any atom is -0.381 e. The summed E-state index contributed by atoms with van der Waals surface area (Å²) in [7, 11) is 0. The van der Waals surface area contributed by atoms with E-state index in [4.69, 9.17) is 4.74 Å². The number of carbonyl (C=O) groups is 1. The molecule has 5 nitrogen and oxygen atoms in total. The van der Waals surface area contributed by atoms with Gasteiger partial charge in [-0.15, -0.1) is 0 Å². The molecule has 1 N–H and O–H groups in total. The van der Waals surface area contributed by atoms with Crippen LogP contribution in [0.5, 0.6) is 0 Å². The summed E-state index contributed by atoms with van der Waals surface area (Å²) in [4.78, 5) is 17.5. The molecule has 23 heavy (non-hydrogen) atoms. The van der Waals surface area contributed by atoms with Crippen LogP contribution in [0.4, 0.5) is 4.79 Å². The van der Waals surface area contributed by atoms with Crippen molar-refractivity contribution in [2.24, 2.45) is 11.8 Å². The van der Waals surface area contributed by atoms with Crippen molar-refractivity contribution < 1.29 is 9.53 Å². The Morgan fingerprint density at radius 1 is 1.35 bits per heavy atom. The maximum atomic E-state index is 13.1. The number of carbonyl (C=O) groups excluding carboxylic acids is 1. The van der Waals surface area contributed by atoms with Gasteiger partial charge < -0.3 is 19.9 Å². The lowest BCUT2D eigenvalue weighted by atomic mass is 9.91. The fourth-order valence-electron chi connectivity index (χ4n) is 5.61. The molecular weight excluding hydrogens is 290 g/mol. The topological polar surface area (TPSA) is 44.8 Å². The minimum atomic E-state index is 0.0668. The molecule has 5 heteroatoms. The van der Waals surface area contributed by atoms with Crippen LogP contribution in [0.15, 0.2) is 0 Å². The highest BCUT2D eigenvalue weighted by atomic mass is 16.5.